The highest BCUT2D eigenvalue weighted by Crippen LogP contribution is 2.30. The Morgan fingerprint density at radius 1 is 1.33 bits per heavy atom. The molecule has 0 radical (unpaired) electrons. The number of hydrogen-bond acceptors (Lipinski definition) is 4. The minimum absolute atomic E-state index is 0.205. The van der Waals surface area contributed by atoms with E-state index in [0.29, 0.717) is 11.8 Å². The van der Waals surface area contributed by atoms with Crippen LogP contribution in [0.25, 0.3) is 0 Å². The van der Waals surface area contributed by atoms with Crippen LogP contribution in [0.3, 0.4) is 0 Å². The summed E-state index contributed by atoms with van der Waals surface area (Å²) in [5.74, 6) is 1.74. The molecule has 18 heavy (non-hydrogen) atoms. The summed E-state index contributed by atoms with van der Waals surface area (Å²) in [4.78, 5) is 4.31. The zero-order valence-corrected chi connectivity index (χ0v) is 11.3. The van der Waals surface area contributed by atoms with Gasteiger partial charge in [0, 0.05) is 19.0 Å². The van der Waals surface area contributed by atoms with E-state index in [2.05, 4.69) is 18.8 Å². The minimum Gasteiger partial charge on any atom is -0.485 e. The Morgan fingerprint density at radius 2 is 2.06 bits per heavy atom. The van der Waals surface area contributed by atoms with Crippen LogP contribution in [0.2, 0.25) is 0 Å². The molecule has 2 heterocycles. The number of aromatic nitrogens is 1. The Kier molecular flexibility index (Phi) is 4.42. The highest BCUT2D eigenvalue weighted by atomic mass is 16.5. The van der Waals surface area contributed by atoms with Crippen LogP contribution >= 0.6 is 0 Å². The quantitative estimate of drug-likeness (QED) is 0.825. The van der Waals surface area contributed by atoms with Gasteiger partial charge in [-0.15, -0.1) is 0 Å². The van der Waals surface area contributed by atoms with Crippen molar-refractivity contribution in [2.45, 2.75) is 38.7 Å². The van der Waals surface area contributed by atoms with Crippen molar-refractivity contribution >= 4 is 0 Å². The van der Waals surface area contributed by atoms with Crippen LogP contribution in [-0.4, -0.2) is 31.4 Å². The van der Waals surface area contributed by atoms with E-state index < -0.39 is 0 Å². The highest BCUT2D eigenvalue weighted by Gasteiger charge is 2.18. The molecule has 0 aliphatic carbocycles. The summed E-state index contributed by atoms with van der Waals surface area (Å²) < 4.78 is 16.6. The molecule has 1 saturated heterocycles. The van der Waals surface area contributed by atoms with E-state index in [1.807, 2.05) is 12.3 Å². The van der Waals surface area contributed by atoms with Crippen molar-refractivity contribution < 1.29 is 14.2 Å². The number of rotatable bonds is 4. The van der Waals surface area contributed by atoms with Crippen LogP contribution in [0.15, 0.2) is 12.3 Å². The molecule has 4 heteroatoms. The average molecular weight is 251 g/mol. The molecule has 0 spiro atoms. The van der Waals surface area contributed by atoms with Crippen molar-refractivity contribution in [3.05, 3.63) is 17.8 Å². The Balaban J connectivity index is 2.15. The SMILES string of the molecule is COc1ncc(C(C)C)cc1OC1CCOCC1. The van der Waals surface area contributed by atoms with Gasteiger partial charge in [-0.25, -0.2) is 4.98 Å². The molecule has 0 aromatic carbocycles. The lowest BCUT2D eigenvalue weighted by molar-refractivity contribution is 0.0242. The molecule has 1 fully saturated rings. The Morgan fingerprint density at radius 3 is 2.67 bits per heavy atom. The topological polar surface area (TPSA) is 40.6 Å². The van der Waals surface area contributed by atoms with Crippen molar-refractivity contribution in [1.29, 1.82) is 0 Å². The fourth-order valence-corrected chi connectivity index (χ4v) is 1.97. The van der Waals surface area contributed by atoms with Gasteiger partial charge in [-0.3, -0.25) is 0 Å². The molecule has 0 amide bonds. The maximum absolute atomic E-state index is 6.00. The molecule has 2 rings (SSSR count). The average Bonchev–Trinajstić information content (AvgIpc) is 2.39. The molecule has 0 bridgehead atoms. The lowest BCUT2D eigenvalue weighted by Crippen LogP contribution is -2.26. The summed E-state index contributed by atoms with van der Waals surface area (Å²) in [5, 5.41) is 0. The Labute approximate surface area is 108 Å². The van der Waals surface area contributed by atoms with Crippen LogP contribution in [-0.2, 0) is 4.74 Å². The van der Waals surface area contributed by atoms with Crippen LogP contribution in [0.4, 0.5) is 0 Å². The molecular formula is C14H21NO3. The van der Waals surface area contributed by atoms with Crippen molar-refractivity contribution in [3.63, 3.8) is 0 Å². The zero-order chi connectivity index (χ0) is 13.0. The van der Waals surface area contributed by atoms with Gasteiger partial charge in [0.25, 0.3) is 5.88 Å². The maximum atomic E-state index is 6.00. The molecule has 1 aliphatic rings. The lowest BCUT2D eigenvalue weighted by Gasteiger charge is -2.24. The van der Waals surface area contributed by atoms with Gasteiger partial charge >= 0.3 is 0 Å². The standard InChI is InChI=1S/C14H21NO3/c1-10(2)11-8-13(14(16-3)15-9-11)18-12-4-6-17-7-5-12/h8-10,12H,4-7H2,1-3H3. The summed E-state index contributed by atoms with van der Waals surface area (Å²) >= 11 is 0. The molecule has 0 saturated carbocycles. The van der Waals surface area contributed by atoms with Gasteiger partial charge in [-0.05, 0) is 17.5 Å². The van der Waals surface area contributed by atoms with Crippen LogP contribution < -0.4 is 9.47 Å². The Bertz CT molecular complexity index is 387. The summed E-state index contributed by atoms with van der Waals surface area (Å²) in [6.07, 6.45) is 3.90. The number of nitrogens with zero attached hydrogens (tertiary/aromatic N) is 1. The van der Waals surface area contributed by atoms with Gasteiger partial charge in [0.15, 0.2) is 5.75 Å². The predicted octanol–water partition coefficient (Wildman–Crippen LogP) is 2.77. The molecule has 0 N–H and O–H groups in total. The number of pyridine rings is 1. The second kappa shape index (κ2) is 6.05. The summed E-state index contributed by atoms with van der Waals surface area (Å²) in [7, 11) is 1.62. The molecule has 4 nitrogen and oxygen atoms in total. The van der Waals surface area contributed by atoms with E-state index in [-0.39, 0.29) is 6.10 Å². The Hall–Kier alpha value is -1.29. The third kappa shape index (κ3) is 3.13. The van der Waals surface area contributed by atoms with E-state index in [1.165, 1.54) is 0 Å². The van der Waals surface area contributed by atoms with Gasteiger partial charge in [-0.2, -0.15) is 0 Å². The maximum Gasteiger partial charge on any atom is 0.256 e. The second-order valence-corrected chi connectivity index (χ2v) is 4.86. The third-order valence-electron chi connectivity index (χ3n) is 3.16. The molecule has 1 aromatic rings. The lowest BCUT2D eigenvalue weighted by atomic mass is 10.1. The van der Waals surface area contributed by atoms with Crippen LogP contribution in [0.1, 0.15) is 38.2 Å². The predicted molar refractivity (Wildman–Crippen MR) is 69.3 cm³/mol. The summed E-state index contributed by atoms with van der Waals surface area (Å²) in [6, 6.07) is 2.03. The summed E-state index contributed by atoms with van der Waals surface area (Å²) in [5.41, 5.74) is 1.16. The fourth-order valence-electron chi connectivity index (χ4n) is 1.97. The third-order valence-corrected chi connectivity index (χ3v) is 3.16. The zero-order valence-electron chi connectivity index (χ0n) is 11.3. The van der Waals surface area contributed by atoms with Crippen LogP contribution in [0, 0.1) is 0 Å². The minimum atomic E-state index is 0.205. The van der Waals surface area contributed by atoms with E-state index in [9.17, 15) is 0 Å². The van der Waals surface area contributed by atoms with E-state index in [0.717, 1.165) is 37.4 Å². The first-order valence-electron chi connectivity index (χ1n) is 6.49. The fraction of sp³-hybridized carbons (Fsp3) is 0.643. The number of ether oxygens (including phenoxy) is 3. The molecule has 1 aromatic heterocycles. The van der Waals surface area contributed by atoms with Crippen molar-refractivity contribution in [2.24, 2.45) is 0 Å². The summed E-state index contributed by atoms with van der Waals surface area (Å²) in [6.45, 7) is 5.82. The first kappa shape index (κ1) is 13.1. The smallest absolute Gasteiger partial charge is 0.256 e. The monoisotopic (exact) mass is 251 g/mol. The van der Waals surface area contributed by atoms with E-state index in [4.69, 9.17) is 14.2 Å². The number of hydrogen-bond donors (Lipinski definition) is 0. The molecule has 1 aliphatic heterocycles. The molecular weight excluding hydrogens is 230 g/mol. The van der Waals surface area contributed by atoms with E-state index >= 15 is 0 Å². The molecule has 0 atom stereocenters. The first-order chi connectivity index (χ1) is 8.70. The first-order valence-corrected chi connectivity index (χ1v) is 6.49. The normalized spacial score (nSPS) is 16.9. The second-order valence-electron chi connectivity index (χ2n) is 4.86. The van der Waals surface area contributed by atoms with Gasteiger partial charge < -0.3 is 14.2 Å². The van der Waals surface area contributed by atoms with Gasteiger partial charge in [0.1, 0.15) is 6.10 Å². The van der Waals surface area contributed by atoms with Crippen molar-refractivity contribution in [1.82, 2.24) is 4.98 Å². The number of methoxy groups -OCH3 is 1. The molecule has 0 unspecified atom stereocenters. The van der Waals surface area contributed by atoms with Gasteiger partial charge in [0.05, 0.1) is 20.3 Å². The van der Waals surface area contributed by atoms with Gasteiger partial charge in [-0.1, -0.05) is 13.8 Å². The van der Waals surface area contributed by atoms with Gasteiger partial charge in [0.2, 0.25) is 0 Å². The van der Waals surface area contributed by atoms with E-state index in [1.54, 1.807) is 7.11 Å². The van der Waals surface area contributed by atoms with Crippen molar-refractivity contribution in [2.75, 3.05) is 20.3 Å². The highest BCUT2D eigenvalue weighted by molar-refractivity contribution is 5.37. The van der Waals surface area contributed by atoms with Crippen LogP contribution in [0.5, 0.6) is 11.6 Å². The largest absolute Gasteiger partial charge is 0.485 e. The van der Waals surface area contributed by atoms with Crippen molar-refractivity contribution in [3.8, 4) is 11.6 Å². The molecule has 100 valence electrons.